The van der Waals surface area contributed by atoms with Gasteiger partial charge in [0, 0.05) is 36.7 Å². The number of hydrogen-bond donors (Lipinski definition) is 0. The van der Waals surface area contributed by atoms with Crippen LogP contribution in [0.15, 0.2) is 42.7 Å². The Morgan fingerprint density at radius 1 is 1.15 bits per heavy atom. The summed E-state index contributed by atoms with van der Waals surface area (Å²) >= 11 is 0. The van der Waals surface area contributed by atoms with Crippen LogP contribution in [-0.2, 0) is 5.92 Å². The van der Waals surface area contributed by atoms with Crippen molar-refractivity contribution in [3.05, 3.63) is 59.7 Å². The average molecular weight is 454 g/mol. The molecule has 2 aliphatic heterocycles. The van der Waals surface area contributed by atoms with Crippen molar-refractivity contribution in [2.24, 2.45) is 5.92 Å². The summed E-state index contributed by atoms with van der Waals surface area (Å²) in [7, 11) is 0. The second-order valence-corrected chi connectivity index (χ2v) is 8.71. The van der Waals surface area contributed by atoms with Gasteiger partial charge in [-0.15, -0.1) is 4.80 Å². The van der Waals surface area contributed by atoms with E-state index in [0.29, 0.717) is 18.0 Å². The molecule has 172 valence electrons. The fourth-order valence-corrected chi connectivity index (χ4v) is 4.87. The molecule has 2 saturated heterocycles. The molecule has 2 aliphatic rings. The molecular weight excluding hydrogens is 430 g/mol. The minimum atomic E-state index is -3.03. The van der Waals surface area contributed by atoms with Gasteiger partial charge in [-0.2, -0.15) is 19.0 Å². The first-order chi connectivity index (χ1) is 15.8. The van der Waals surface area contributed by atoms with Gasteiger partial charge in [-0.05, 0) is 44.4 Å². The molecule has 0 radical (unpaired) electrons. The number of rotatable bonds is 6. The standard InChI is InChI=1S/C23H24F2N6O2/c1-14-6-8-17(21(28-14)31-26-10-11-27-31)22(32)30-16-7-9-18(30)15(12-16)13-33-20-5-3-4-19(29-20)23(2,24)25/h3-6,8,10-11,15-16,18H,7,9,12-13H2,1-2H3. The normalized spacial score (nSPS) is 22.1. The fourth-order valence-electron chi connectivity index (χ4n) is 4.87. The number of hydrogen-bond acceptors (Lipinski definition) is 6. The Balaban J connectivity index is 1.33. The highest BCUT2D eigenvalue weighted by molar-refractivity contribution is 5.98. The minimum Gasteiger partial charge on any atom is -0.477 e. The number of pyridine rings is 2. The summed E-state index contributed by atoms with van der Waals surface area (Å²) < 4.78 is 33.0. The number of carbonyl (C=O) groups is 1. The Bertz CT molecular complexity index is 1160. The zero-order chi connectivity index (χ0) is 23.2. The molecule has 5 heterocycles. The van der Waals surface area contributed by atoms with Gasteiger partial charge in [0.05, 0.1) is 24.6 Å². The number of aryl methyl sites for hydroxylation is 1. The van der Waals surface area contributed by atoms with Crippen LogP contribution in [0.3, 0.4) is 0 Å². The molecule has 10 heteroatoms. The van der Waals surface area contributed by atoms with Gasteiger partial charge in [0.2, 0.25) is 5.88 Å². The van der Waals surface area contributed by atoms with Crippen LogP contribution in [0.4, 0.5) is 8.78 Å². The van der Waals surface area contributed by atoms with Crippen molar-refractivity contribution in [3.8, 4) is 11.7 Å². The summed E-state index contributed by atoms with van der Waals surface area (Å²) in [6, 6.07) is 8.07. The van der Waals surface area contributed by atoms with Gasteiger partial charge >= 0.3 is 0 Å². The zero-order valence-electron chi connectivity index (χ0n) is 18.4. The molecule has 2 bridgehead atoms. The lowest BCUT2D eigenvalue weighted by molar-refractivity contribution is 0.0119. The first kappa shape index (κ1) is 21.4. The van der Waals surface area contributed by atoms with E-state index in [1.54, 1.807) is 30.6 Å². The third-order valence-electron chi connectivity index (χ3n) is 6.37. The van der Waals surface area contributed by atoms with E-state index in [1.807, 2.05) is 11.8 Å². The Hall–Kier alpha value is -3.43. The van der Waals surface area contributed by atoms with E-state index in [2.05, 4.69) is 20.2 Å². The van der Waals surface area contributed by atoms with Crippen molar-refractivity contribution in [2.75, 3.05) is 6.61 Å². The average Bonchev–Trinajstić information content (AvgIpc) is 3.53. The van der Waals surface area contributed by atoms with Crippen LogP contribution in [0.2, 0.25) is 0 Å². The molecule has 1 amide bonds. The third-order valence-corrected chi connectivity index (χ3v) is 6.37. The second-order valence-electron chi connectivity index (χ2n) is 8.71. The molecule has 0 saturated carbocycles. The SMILES string of the molecule is Cc1ccc(C(=O)N2C3CCC2C(COc2cccc(C(C)(F)F)n2)C3)c(-n2nccn2)n1. The van der Waals surface area contributed by atoms with Gasteiger partial charge in [-0.1, -0.05) is 6.07 Å². The molecule has 33 heavy (non-hydrogen) atoms. The number of ether oxygens (including phenoxy) is 1. The van der Waals surface area contributed by atoms with Crippen molar-refractivity contribution >= 4 is 5.91 Å². The lowest BCUT2D eigenvalue weighted by atomic mass is 9.90. The monoisotopic (exact) mass is 454 g/mol. The van der Waals surface area contributed by atoms with Gasteiger partial charge in [-0.3, -0.25) is 4.79 Å². The molecule has 2 fully saturated rings. The quantitative estimate of drug-likeness (QED) is 0.566. The highest BCUT2D eigenvalue weighted by Gasteiger charge is 2.49. The summed E-state index contributed by atoms with van der Waals surface area (Å²) in [5.74, 6) is -2.45. The van der Waals surface area contributed by atoms with E-state index in [0.717, 1.165) is 31.9 Å². The van der Waals surface area contributed by atoms with E-state index in [4.69, 9.17) is 4.74 Å². The van der Waals surface area contributed by atoms with E-state index < -0.39 is 5.92 Å². The molecule has 0 spiro atoms. The maximum Gasteiger partial charge on any atom is 0.287 e. The predicted molar refractivity (Wildman–Crippen MR) is 114 cm³/mol. The van der Waals surface area contributed by atoms with Crippen molar-refractivity contribution in [1.29, 1.82) is 0 Å². The Morgan fingerprint density at radius 2 is 1.94 bits per heavy atom. The van der Waals surface area contributed by atoms with Gasteiger partial charge in [0.25, 0.3) is 11.8 Å². The van der Waals surface area contributed by atoms with Crippen LogP contribution in [0.25, 0.3) is 5.82 Å². The summed E-state index contributed by atoms with van der Waals surface area (Å²) in [5, 5.41) is 8.29. The lowest BCUT2D eigenvalue weighted by Crippen LogP contribution is -2.38. The van der Waals surface area contributed by atoms with Crippen LogP contribution >= 0.6 is 0 Å². The first-order valence-corrected chi connectivity index (χ1v) is 11.0. The lowest BCUT2D eigenvalue weighted by Gasteiger charge is -2.25. The van der Waals surface area contributed by atoms with Crippen molar-refractivity contribution in [2.45, 2.75) is 51.1 Å². The molecule has 3 aromatic heterocycles. The molecule has 0 N–H and O–H groups in total. The third kappa shape index (κ3) is 4.05. The van der Waals surface area contributed by atoms with E-state index in [-0.39, 0.29) is 35.5 Å². The first-order valence-electron chi connectivity index (χ1n) is 11.0. The van der Waals surface area contributed by atoms with Crippen molar-refractivity contribution in [3.63, 3.8) is 0 Å². The van der Waals surface area contributed by atoms with Crippen molar-refractivity contribution < 1.29 is 18.3 Å². The summed E-state index contributed by atoms with van der Waals surface area (Å²) in [6.07, 6.45) is 5.69. The number of fused-ring (bicyclic) bond motifs is 2. The summed E-state index contributed by atoms with van der Waals surface area (Å²) in [5.41, 5.74) is 0.896. The number of carbonyl (C=O) groups excluding carboxylic acids is 1. The topological polar surface area (TPSA) is 86.0 Å². The highest BCUT2D eigenvalue weighted by atomic mass is 19.3. The number of alkyl halides is 2. The molecule has 8 nitrogen and oxygen atoms in total. The molecule has 3 aromatic rings. The van der Waals surface area contributed by atoms with Crippen LogP contribution in [0, 0.1) is 12.8 Å². The Labute approximate surface area is 189 Å². The van der Waals surface area contributed by atoms with Gasteiger partial charge in [0.1, 0.15) is 5.69 Å². The van der Waals surface area contributed by atoms with Crippen LogP contribution in [0.5, 0.6) is 5.88 Å². The van der Waals surface area contributed by atoms with Crippen LogP contribution in [0.1, 0.15) is 47.9 Å². The smallest absolute Gasteiger partial charge is 0.287 e. The van der Waals surface area contributed by atoms with Gasteiger partial charge in [0.15, 0.2) is 5.82 Å². The summed E-state index contributed by atoms with van der Waals surface area (Å²) in [6.45, 7) is 2.98. The Morgan fingerprint density at radius 3 is 2.70 bits per heavy atom. The maximum absolute atomic E-state index is 13.6. The minimum absolute atomic E-state index is 0.0121. The predicted octanol–water partition coefficient (Wildman–Crippen LogP) is 3.55. The molecule has 0 aromatic carbocycles. The molecular formula is C23H24F2N6O2. The van der Waals surface area contributed by atoms with E-state index >= 15 is 0 Å². The van der Waals surface area contributed by atoms with Gasteiger partial charge < -0.3 is 9.64 Å². The molecule has 3 unspecified atom stereocenters. The Kier molecular flexibility index (Phi) is 5.30. The molecule has 0 aliphatic carbocycles. The number of aromatic nitrogens is 5. The van der Waals surface area contributed by atoms with Crippen LogP contribution in [-0.4, -0.2) is 54.5 Å². The fraction of sp³-hybridized carbons (Fsp3) is 0.435. The molecule has 5 rings (SSSR count). The second kappa shape index (κ2) is 8.17. The van der Waals surface area contributed by atoms with Gasteiger partial charge in [-0.25, -0.2) is 9.97 Å². The van der Waals surface area contributed by atoms with E-state index in [9.17, 15) is 13.6 Å². The molecule has 3 atom stereocenters. The number of amides is 1. The van der Waals surface area contributed by atoms with Crippen LogP contribution < -0.4 is 4.74 Å². The summed E-state index contributed by atoms with van der Waals surface area (Å²) in [4.78, 5) is 25.3. The highest BCUT2D eigenvalue weighted by Crippen LogP contribution is 2.43. The largest absolute Gasteiger partial charge is 0.477 e. The van der Waals surface area contributed by atoms with E-state index in [1.165, 1.54) is 16.9 Å². The maximum atomic E-state index is 13.6. The number of nitrogens with zero attached hydrogens (tertiary/aromatic N) is 6. The number of halogens is 2. The van der Waals surface area contributed by atoms with Crippen molar-refractivity contribution in [1.82, 2.24) is 29.9 Å². The zero-order valence-corrected chi connectivity index (χ0v) is 18.4.